The van der Waals surface area contributed by atoms with E-state index in [1.165, 1.54) is 25.7 Å². The van der Waals surface area contributed by atoms with Crippen molar-refractivity contribution in [3.63, 3.8) is 0 Å². The third-order valence-corrected chi connectivity index (χ3v) is 3.20. The van der Waals surface area contributed by atoms with E-state index >= 15 is 0 Å². The second-order valence-corrected chi connectivity index (χ2v) is 4.58. The number of tetrazole rings is 1. The van der Waals surface area contributed by atoms with Crippen LogP contribution >= 0.6 is 0 Å². The van der Waals surface area contributed by atoms with E-state index in [0.717, 1.165) is 12.2 Å². The van der Waals surface area contributed by atoms with Crippen LogP contribution in [0.3, 0.4) is 0 Å². The zero-order valence-corrected chi connectivity index (χ0v) is 11.5. The molecular weight excluding hydrogens is 214 g/mol. The van der Waals surface area contributed by atoms with E-state index in [9.17, 15) is 0 Å². The van der Waals surface area contributed by atoms with Crippen molar-refractivity contribution in [2.45, 2.75) is 65.0 Å². The lowest BCUT2D eigenvalue weighted by molar-refractivity contribution is 0.355. The molecule has 1 aromatic rings. The number of rotatable bonds is 8. The summed E-state index contributed by atoms with van der Waals surface area (Å²) in [6.45, 7) is 6.52. The molecule has 98 valence electrons. The Labute approximate surface area is 104 Å². The molecule has 2 unspecified atom stereocenters. The SMILES string of the molecule is CCCCC(CCC)n1nnnc1C(C)NC. The second-order valence-electron chi connectivity index (χ2n) is 4.58. The third kappa shape index (κ3) is 3.77. The van der Waals surface area contributed by atoms with Crippen molar-refractivity contribution in [3.05, 3.63) is 5.82 Å². The standard InChI is InChI=1S/C12H25N5/c1-5-7-9-11(8-6-2)17-12(10(3)13-4)14-15-16-17/h10-11,13H,5-9H2,1-4H3. The Morgan fingerprint density at radius 3 is 2.59 bits per heavy atom. The smallest absolute Gasteiger partial charge is 0.168 e. The van der Waals surface area contributed by atoms with Gasteiger partial charge < -0.3 is 5.32 Å². The summed E-state index contributed by atoms with van der Waals surface area (Å²) < 4.78 is 2.01. The summed E-state index contributed by atoms with van der Waals surface area (Å²) in [5.41, 5.74) is 0. The molecule has 2 atom stereocenters. The number of hydrogen-bond acceptors (Lipinski definition) is 4. The Kier molecular flexibility index (Phi) is 6.11. The molecule has 0 saturated carbocycles. The fourth-order valence-electron chi connectivity index (χ4n) is 2.04. The molecule has 1 N–H and O–H groups in total. The quantitative estimate of drug-likeness (QED) is 0.757. The van der Waals surface area contributed by atoms with Crippen LogP contribution in [0.25, 0.3) is 0 Å². The highest BCUT2D eigenvalue weighted by Crippen LogP contribution is 2.22. The van der Waals surface area contributed by atoms with Crippen LogP contribution in [-0.2, 0) is 0 Å². The molecule has 0 fully saturated rings. The number of nitrogens with zero attached hydrogens (tertiary/aromatic N) is 4. The Hall–Kier alpha value is -0.970. The van der Waals surface area contributed by atoms with E-state index in [1.54, 1.807) is 0 Å². The number of aromatic nitrogens is 4. The lowest BCUT2D eigenvalue weighted by atomic mass is 10.1. The van der Waals surface area contributed by atoms with Gasteiger partial charge in [-0.05, 0) is 37.2 Å². The molecule has 0 radical (unpaired) electrons. The maximum Gasteiger partial charge on any atom is 0.168 e. The van der Waals surface area contributed by atoms with Crippen LogP contribution in [-0.4, -0.2) is 27.3 Å². The van der Waals surface area contributed by atoms with Crippen molar-refractivity contribution in [3.8, 4) is 0 Å². The Bertz CT molecular complexity index is 310. The molecule has 5 nitrogen and oxygen atoms in total. The van der Waals surface area contributed by atoms with Crippen LogP contribution in [0.5, 0.6) is 0 Å². The van der Waals surface area contributed by atoms with Crippen molar-refractivity contribution < 1.29 is 0 Å². The first kappa shape index (κ1) is 14.1. The highest BCUT2D eigenvalue weighted by atomic mass is 15.6. The van der Waals surface area contributed by atoms with E-state index in [2.05, 4.69) is 41.6 Å². The van der Waals surface area contributed by atoms with E-state index in [0.29, 0.717) is 6.04 Å². The van der Waals surface area contributed by atoms with Crippen LogP contribution in [0.1, 0.15) is 70.8 Å². The second kappa shape index (κ2) is 7.37. The van der Waals surface area contributed by atoms with Gasteiger partial charge in [0.25, 0.3) is 0 Å². The Morgan fingerprint density at radius 2 is 2.00 bits per heavy atom. The predicted octanol–water partition coefficient (Wildman–Crippen LogP) is 2.48. The zero-order chi connectivity index (χ0) is 12.7. The molecule has 0 aromatic carbocycles. The first-order chi connectivity index (χ1) is 8.24. The molecule has 1 rings (SSSR count). The van der Waals surface area contributed by atoms with E-state index in [4.69, 9.17) is 0 Å². The normalized spacial score (nSPS) is 14.8. The van der Waals surface area contributed by atoms with E-state index in [-0.39, 0.29) is 6.04 Å². The van der Waals surface area contributed by atoms with E-state index < -0.39 is 0 Å². The molecule has 0 aliphatic carbocycles. The molecule has 0 spiro atoms. The fraction of sp³-hybridized carbons (Fsp3) is 0.917. The number of unbranched alkanes of at least 4 members (excludes halogenated alkanes) is 1. The van der Waals surface area contributed by atoms with Gasteiger partial charge in [-0.25, -0.2) is 4.68 Å². The largest absolute Gasteiger partial charge is 0.311 e. The van der Waals surface area contributed by atoms with Crippen molar-refractivity contribution >= 4 is 0 Å². The van der Waals surface area contributed by atoms with Crippen LogP contribution < -0.4 is 5.32 Å². The average molecular weight is 239 g/mol. The molecule has 0 saturated heterocycles. The maximum atomic E-state index is 4.17. The first-order valence-electron chi connectivity index (χ1n) is 6.69. The van der Waals surface area contributed by atoms with Crippen molar-refractivity contribution in [1.82, 2.24) is 25.5 Å². The van der Waals surface area contributed by atoms with Gasteiger partial charge in [0.1, 0.15) is 0 Å². The van der Waals surface area contributed by atoms with Gasteiger partial charge in [-0.3, -0.25) is 0 Å². The molecular formula is C12H25N5. The summed E-state index contributed by atoms with van der Waals surface area (Å²) in [4.78, 5) is 0. The highest BCUT2D eigenvalue weighted by molar-refractivity contribution is 4.91. The molecule has 0 amide bonds. The number of hydrogen-bond donors (Lipinski definition) is 1. The van der Waals surface area contributed by atoms with Gasteiger partial charge in [0.15, 0.2) is 5.82 Å². The van der Waals surface area contributed by atoms with Gasteiger partial charge >= 0.3 is 0 Å². The van der Waals surface area contributed by atoms with Crippen molar-refractivity contribution in [1.29, 1.82) is 0 Å². The first-order valence-corrected chi connectivity index (χ1v) is 6.69. The summed E-state index contributed by atoms with van der Waals surface area (Å²) in [5, 5.41) is 15.3. The predicted molar refractivity (Wildman–Crippen MR) is 68.8 cm³/mol. The summed E-state index contributed by atoms with van der Waals surface area (Å²) in [5.74, 6) is 0.946. The topological polar surface area (TPSA) is 55.6 Å². The summed E-state index contributed by atoms with van der Waals surface area (Å²) in [6, 6.07) is 0.645. The maximum absolute atomic E-state index is 4.17. The molecule has 17 heavy (non-hydrogen) atoms. The van der Waals surface area contributed by atoms with Gasteiger partial charge in [-0.2, -0.15) is 0 Å². The molecule has 1 aromatic heterocycles. The van der Waals surface area contributed by atoms with E-state index in [1.807, 2.05) is 11.7 Å². The van der Waals surface area contributed by atoms with Crippen LogP contribution in [0.2, 0.25) is 0 Å². The number of nitrogens with one attached hydrogen (secondary N) is 1. The average Bonchev–Trinajstić information content (AvgIpc) is 2.82. The van der Waals surface area contributed by atoms with Crippen LogP contribution in [0, 0.1) is 0 Å². The molecule has 1 heterocycles. The summed E-state index contributed by atoms with van der Waals surface area (Å²) in [6.07, 6.45) is 5.94. The van der Waals surface area contributed by atoms with Gasteiger partial charge in [0, 0.05) is 0 Å². The Morgan fingerprint density at radius 1 is 1.24 bits per heavy atom. The lowest BCUT2D eigenvalue weighted by Gasteiger charge is -2.19. The van der Waals surface area contributed by atoms with Gasteiger partial charge in [0.2, 0.25) is 0 Å². The minimum absolute atomic E-state index is 0.200. The fourth-order valence-corrected chi connectivity index (χ4v) is 2.04. The van der Waals surface area contributed by atoms with Crippen molar-refractivity contribution in [2.75, 3.05) is 7.05 Å². The molecule has 0 aliphatic rings. The highest BCUT2D eigenvalue weighted by Gasteiger charge is 2.19. The van der Waals surface area contributed by atoms with Crippen LogP contribution in [0.15, 0.2) is 0 Å². The van der Waals surface area contributed by atoms with Gasteiger partial charge in [-0.15, -0.1) is 5.10 Å². The zero-order valence-electron chi connectivity index (χ0n) is 11.5. The minimum Gasteiger partial charge on any atom is -0.311 e. The monoisotopic (exact) mass is 239 g/mol. The lowest BCUT2D eigenvalue weighted by Crippen LogP contribution is -2.21. The minimum atomic E-state index is 0.200. The molecule has 0 bridgehead atoms. The van der Waals surface area contributed by atoms with Crippen LogP contribution in [0.4, 0.5) is 0 Å². The Balaban J connectivity index is 2.81. The van der Waals surface area contributed by atoms with Gasteiger partial charge in [-0.1, -0.05) is 33.1 Å². The summed E-state index contributed by atoms with van der Waals surface area (Å²) in [7, 11) is 1.94. The molecule has 5 heteroatoms. The summed E-state index contributed by atoms with van der Waals surface area (Å²) >= 11 is 0. The molecule has 0 aliphatic heterocycles. The van der Waals surface area contributed by atoms with Gasteiger partial charge in [0.05, 0.1) is 12.1 Å². The third-order valence-electron chi connectivity index (χ3n) is 3.20. The van der Waals surface area contributed by atoms with Crippen molar-refractivity contribution in [2.24, 2.45) is 0 Å².